The molecular weight excluding hydrogens is 360 g/mol. The number of aryl methyl sites for hydroxylation is 1. The number of fused-ring (bicyclic) bond motifs is 1. The number of nitrogens with one attached hydrogen (secondary N) is 1. The molecule has 140 valence electrons. The number of anilines is 3. The minimum atomic E-state index is -0.271. The summed E-state index contributed by atoms with van der Waals surface area (Å²) < 4.78 is 0.900. The third-order valence-corrected chi connectivity index (χ3v) is 5.75. The maximum Gasteiger partial charge on any atom is 0.260 e. The zero-order chi connectivity index (χ0) is 19.0. The average Bonchev–Trinajstić information content (AvgIpc) is 2.97. The molecule has 1 amide bonds. The monoisotopic (exact) mass is 382 g/mol. The van der Waals surface area contributed by atoms with Crippen molar-refractivity contribution in [3.8, 4) is 0 Å². The van der Waals surface area contributed by atoms with Gasteiger partial charge in [0.1, 0.15) is 10.6 Å². The first-order chi connectivity index (χ1) is 13.0. The molecule has 3 aromatic rings. The van der Waals surface area contributed by atoms with Crippen LogP contribution in [0.4, 0.5) is 16.4 Å². The minimum absolute atomic E-state index is 0.138. The van der Waals surface area contributed by atoms with Crippen LogP contribution >= 0.6 is 11.3 Å². The second-order valence-electron chi connectivity index (χ2n) is 6.84. The Kier molecular flexibility index (Phi) is 4.67. The van der Waals surface area contributed by atoms with Gasteiger partial charge in [-0.15, -0.1) is 11.3 Å². The lowest BCUT2D eigenvalue weighted by atomic mass is 10.1. The molecule has 27 heavy (non-hydrogen) atoms. The van der Waals surface area contributed by atoms with Crippen LogP contribution < -0.4 is 21.7 Å². The number of nitrogen functional groups attached to an aromatic ring is 1. The summed E-state index contributed by atoms with van der Waals surface area (Å²) in [5.74, 6) is -0.271. The molecule has 1 aliphatic heterocycles. The second kappa shape index (κ2) is 7.13. The zero-order valence-corrected chi connectivity index (χ0v) is 15.9. The number of aromatic nitrogens is 2. The van der Waals surface area contributed by atoms with E-state index in [0.717, 1.165) is 42.0 Å². The second-order valence-corrected chi connectivity index (χ2v) is 7.92. The lowest BCUT2D eigenvalue weighted by Gasteiger charge is -2.33. The molecule has 4 rings (SSSR count). The minimum Gasteiger partial charge on any atom is -0.390 e. The van der Waals surface area contributed by atoms with Crippen LogP contribution in [0, 0.1) is 6.92 Å². The number of rotatable bonds is 3. The summed E-state index contributed by atoms with van der Waals surface area (Å²) in [6.45, 7) is 3.57. The maximum atomic E-state index is 13.0. The van der Waals surface area contributed by atoms with Crippen LogP contribution in [0.1, 0.15) is 28.9 Å². The number of hydrogen-bond donors (Lipinski definition) is 3. The van der Waals surface area contributed by atoms with Gasteiger partial charge in [0.15, 0.2) is 0 Å². The lowest BCUT2D eigenvalue weighted by molar-refractivity contribution is 0.102. The number of hydrogen-bond acceptors (Lipinski definition) is 7. The summed E-state index contributed by atoms with van der Waals surface area (Å²) in [5, 5.41) is 3.44. The van der Waals surface area contributed by atoms with Gasteiger partial charge in [-0.05, 0) is 38.0 Å². The van der Waals surface area contributed by atoms with Crippen molar-refractivity contribution >= 4 is 43.8 Å². The summed E-state index contributed by atoms with van der Waals surface area (Å²) in [6, 6.07) is 5.91. The van der Waals surface area contributed by atoms with E-state index in [4.69, 9.17) is 11.5 Å². The molecule has 8 heteroatoms. The number of pyridine rings is 2. The van der Waals surface area contributed by atoms with Crippen LogP contribution in [-0.4, -0.2) is 35.0 Å². The maximum absolute atomic E-state index is 13.0. The Balaban J connectivity index is 1.66. The van der Waals surface area contributed by atoms with Crippen molar-refractivity contribution in [3.63, 3.8) is 0 Å². The third-order valence-electron chi connectivity index (χ3n) is 4.77. The topological polar surface area (TPSA) is 110 Å². The van der Waals surface area contributed by atoms with Crippen molar-refractivity contribution in [2.75, 3.05) is 29.0 Å². The van der Waals surface area contributed by atoms with Gasteiger partial charge in [-0.3, -0.25) is 14.8 Å². The Morgan fingerprint density at radius 3 is 3.04 bits per heavy atom. The number of piperidine rings is 1. The third kappa shape index (κ3) is 3.45. The Labute approximate surface area is 161 Å². The summed E-state index contributed by atoms with van der Waals surface area (Å²) in [7, 11) is 0. The first-order valence-electron chi connectivity index (χ1n) is 8.94. The van der Waals surface area contributed by atoms with Gasteiger partial charge >= 0.3 is 0 Å². The van der Waals surface area contributed by atoms with Crippen molar-refractivity contribution in [1.82, 2.24) is 9.97 Å². The van der Waals surface area contributed by atoms with E-state index in [1.54, 1.807) is 12.4 Å². The molecule has 0 aliphatic carbocycles. The molecule has 0 aromatic carbocycles. The molecule has 3 aromatic heterocycles. The number of amides is 1. The van der Waals surface area contributed by atoms with Crippen LogP contribution in [0.3, 0.4) is 0 Å². The lowest BCUT2D eigenvalue weighted by Crippen LogP contribution is -2.43. The van der Waals surface area contributed by atoms with Crippen LogP contribution in [0.15, 0.2) is 30.6 Å². The predicted molar refractivity (Wildman–Crippen MR) is 110 cm³/mol. The molecule has 5 N–H and O–H groups in total. The largest absolute Gasteiger partial charge is 0.390 e. The van der Waals surface area contributed by atoms with Crippen molar-refractivity contribution in [3.05, 3.63) is 41.9 Å². The zero-order valence-electron chi connectivity index (χ0n) is 15.1. The molecule has 0 radical (unpaired) electrons. The van der Waals surface area contributed by atoms with Crippen LogP contribution in [0.5, 0.6) is 0 Å². The van der Waals surface area contributed by atoms with Gasteiger partial charge < -0.3 is 21.7 Å². The summed E-state index contributed by atoms with van der Waals surface area (Å²) in [4.78, 5) is 23.9. The first-order valence-corrected chi connectivity index (χ1v) is 9.76. The average molecular weight is 382 g/mol. The fourth-order valence-electron chi connectivity index (χ4n) is 3.48. The Hall–Kier alpha value is -2.71. The highest BCUT2D eigenvalue weighted by atomic mass is 32.1. The van der Waals surface area contributed by atoms with Gasteiger partial charge in [-0.25, -0.2) is 0 Å². The molecule has 1 unspecified atom stereocenters. The SMILES string of the molecule is Cc1ccc2sc(N)c(C(=O)Nc3cnccc3N3CCCC(N)C3)c2n1. The summed E-state index contributed by atoms with van der Waals surface area (Å²) in [5.41, 5.74) is 15.7. The smallest absolute Gasteiger partial charge is 0.260 e. The van der Waals surface area contributed by atoms with Crippen molar-refractivity contribution in [1.29, 1.82) is 0 Å². The van der Waals surface area contributed by atoms with E-state index in [1.807, 2.05) is 25.1 Å². The number of nitrogens with zero attached hydrogens (tertiary/aromatic N) is 3. The van der Waals surface area contributed by atoms with Crippen LogP contribution in [0.2, 0.25) is 0 Å². The summed E-state index contributed by atoms with van der Waals surface area (Å²) >= 11 is 1.37. The van der Waals surface area contributed by atoms with Gasteiger partial charge in [0.2, 0.25) is 0 Å². The highest BCUT2D eigenvalue weighted by Gasteiger charge is 2.23. The van der Waals surface area contributed by atoms with E-state index < -0.39 is 0 Å². The summed E-state index contributed by atoms with van der Waals surface area (Å²) in [6.07, 6.45) is 5.44. The van der Waals surface area contributed by atoms with Gasteiger partial charge in [0.05, 0.1) is 27.8 Å². The molecule has 1 atom stereocenters. The Morgan fingerprint density at radius 1 is 1.37 bits per heavy atom. The molecule has 4 heterocycles. The normalized spacial score (nSPS) is 17.3. The van der Waals surface area contributed by atoms with E-state index in [2.05, 4.69) is 20.2 Å². The molecule has 0 bridgehead atoms. The molecular formula is C19H22N6OS. The van der Waals surface area contributed by atoms with Gasteiger partial charge in [-0.1, -0.05) is 0 Å². The van der Waals surface area contributed by atoms with Gasteiger partial charge in [0.25, 0.3) is 5.91 Å². The van der Waals surface area contributed by atoms with Crippen molar-refractivity contribution in [2.45, 2.75) is 25.8 Å². The van der Waals surface area contributed by atoms with Crippen LogP contribution in [0.25, 0.3) is 10.2 Å². The molecule has 0 spiro atoms. The van der Waals surface area contributed by atoms with E-state index >= 15 is 0 Å². The van der Waals surface area contributed by atoms with Crippen LogP contribution in [-0.2, 0) is 0 Å². The number of carbonyl (C=O) groups is 1. The standard InChI is InChI=1S/C19H22N6OS/c1-11-4-5-15-17(23-11)16(18(21)27-15)19(26)24-13-9-22-7-6-14(13)25-8-2-3-12(20)10-25/h4-7,9,12H,2-3,8,10,20-21H2,1H3,(H,24,26). The Morgan fingerprint density at radius 2 is 2.22 bits per heavy atom. The van der Waals surface area contributed by atoms with E-state index in [1.165, 1.54) is 11.3 Å². The molecule has 0 saturated carbocycles. The van der Waals surface area contributed by atoms with Crippen molar-refractivity contribution in [2.24, 2.45) is 5.73 Å². The highest BCUT2D eigenvalue weighted by Crippen LogP contribution is 2.34. The van der Waals surface area contributed by atoms with E-state index in [-0.39, 0.29) is 11.9 Å². The Bertz CT molecular complexity index is 1000. The molecule has 1 aliphatic rings. The molecule has 7 nitrogen and oxygen atoms in total. The molecule has 1 saturated heterocycles. The highest BCUT2D eigenvalue weighted by molar-refractivity contribution is 7.23. The van der Waals surface area contributed by atoms with E-state index in [9.17, 15) is 4.79 Å². The number of carbonyl (C=O) groups excluding carboxylic acids is 1. The van der Waals surface area contributed by atoms with Gasteiger partial charge in [-0.2, -0.15) is 0 Å². The van der Waals surface area contributed by atoms with E-state index in [0.29, 0.717) is 21.8 Å². The van der Waals surface area contributed by atoms with Crippen molar-refractivity contribution < 1.29 is 4.79 Å². The quantitative estimate of drug-likeness (QED) is 0.642. The van der Waals surface area contributed by atoms with Gasteiger partial charge in [0, 0.05) is 31.0 Å². The fraction of sp³-hybridized carbons (Fsp3) is 0.316. The number of thiophene rings is 1. The first kappa shape index (κ1) is 17.7. The fourth-order valence-corrected chi connectivity index (χ4v) is 4.39. The molecule has 1 fully saturated rings. The number of nitrogens with two attached hydrogens (primary N) is 2. The predicted octanol–water partition coefficient (Wildman–Crippen LogP) is 2.76.